The van der Waals surface area contributed by atoms with Crippen molar-refractivity contribution in [3.8, 4) is 11.5 Å². The third kappa shape index (κ3) is 5.25. The van der Waals surface area contributed by atoms with Crippen LogP contribution in [-0.2, 0) is 4.79 Å². The zero-order valence-electron chi connectivity index (χ0n) is 16.4. The fraction of sp³-hybridized carbons (Fsp3) is 0.435. The number of nitrogens with one attached hydrogen (secondary N) is 1. The minimum Gasteiger partial charge on any atom is -0.490 e. The van der Waals surface area contributed by atoms with Crippen molar-refractivity contribution in [1.82, 2.24) is 0 Å². The molecule has 0 radical (unpaired) electrons. The molecule has 1 atom stereocenters. The van der Waals surface area contributed by atoms with Crippen LogP contribution in [0.5, 0.6) is 11.5 Å². The molecule has 0 bridgehead atoms. The molecular formula is C23H29NO3. The van der Waals surface area contributed by atoms with E-state index in [0.29, 0.717) is 12.0 Å². The molecule has 4 nitrogen and oxygen atoms in total. The molecule has 0 heterocycles. The SMILES string of the molecule is CC(C)c1ccccc1O[C@H](C)C(=O)Nc1ccc(OC2CCCC2)cc1. The minimum absolute atomic E-state index is 0.168. The van der Waals surface area contributed by atoms with Crippen LogP contribution in [0.2, 0.25) is 0 Å². The van der Waals surface area contributed by atoms with Gasteiger partial charge in [-0.3, -0.25) is 4.79 Å². The molecule has 0 unspecified atom stereocenters. The Morgan fingerprint density at radius 1 is 1.00 bits per heavy atom. The van der Waals surface area contributed by atoms with Crippen molar-refractivity contribution >= 4 is 11.6 Å². The highest BCUT2D eigenvalue weighted by molar-refractivity contribution is 5.94. The van der Waals surface area contributed by atoms with E-state index in [4.69, 9.17) is 9.47 Å². The topological polar surface area (TPSA) is 47.6 Å². The first-order valence-electron chi connectivity index (χ1n) is 9.86. The van der Waals surface area contributed by atoms with Crippen LogP contribution in [0.4, 0.5) is 5.69 Å². The summed E-state index contributed by atoms with van der Waals surface area (Å²) < 4.78 is 11.9. The van der Waals surface area contributed by atoms with E-state index in [1.165, 1.54) is 12.8 Å². The molecule has 1 N–H and O–H groups in total. The Morgan fingerprint density at radius 2 is 1.67 bits per heavy atom. The zero-order chi connectivity index (χ0) is 19.2. The molecule has 1 aliphatic rings. The first-order chi connectivity index (χ1) is 13.0. The van der Waals surface area contributed by atoms with Crippen LogP contribution in [0.25, 0.3) is 0 Å². The van der Waals surface area contributed by atoms with Gasteiger partial charge in [0.1, 0.15) is 11.5 Å². The van der Waals surface area contributed by atoms with Crippen LogP contribution in [0.15, 0.2) is 48.5 Å². The van der Waals surface area contributed by atoms with Gasteiger partial charge in [-0.15, -0.1) is 0 Å². The van der Waals surface area contributed by atoms with Crippen molar-refractivity contribution in [2.24, 2.45) is 0 Å². The van der Waals surface area contributed by atoms with Gasteiger partial charge < -0.3 is 14.8 Å². The normalized spacial score (nSPS) is 15.6. The van der Waals surface area contributed by atoms with E-state index in [1.54, 1.807) is 6.92 Å². The molecule has 2 aromatic rings. The Bertz CT molecular complexity index is 748. The lowest BCUT2D eigenvalue weighted by molar-refractivity contribution is -0.122. The van der Waals surface area contributed by atoms with E-state index in [9.17, 15) is 4.79 Å². The second kappa shape index (κ2) is 8.94. The van der Waals surface area contributed by atoms with Gasteiger partial charge in [0.05, 0.1) is 6.10 Å². The maximum atomic E-state index is 12.5. The fourth-order valence-electron chi connectivity index (χ4n) is 3.37. The molecule has 1 amide bonds. The molecule has 27 heavy (non-hydrogen) atoms. The molecule has 2 aromatic carbocycles. The standard InChI is InChI=1S/C23H29NO3/c1-16(2)21-10-6-7-11-22(21)26-17(3)23(25)24-18-12-14-20(15-13-18)27-19-8-4-5-9-19/h6-7,10-17,19H,4-5,8-9H2,1-3H3,(H,24,25)/t17-/m1/s1. The second-order valence-electron chi connectivity index (χ2n) is 7.49. The number of anilines is 1. The summed E-state index contributed by atoms with van der Waals surface area (Å²) >= 11 is 0. The highest BCUT2D eigenvalue weighted by atomic mass is 16.5. The Balaban J connectivity index is 1.56. The Kier molecular flexibility index (Phi) is 6.38. The van der Waals surface area contributed by atoms with Crippen molar-refractivity contribution < 1.29 is 14.3 Å². The highest BCUT2D eigenvalue weighted by Crippen LogP contribution is 2.27. The lowest BCUT2D eigenvalue weighted by Gasteiger charge is -2.19. The van der Waals surface area contributed by atoms with Crippen molar-refractivity contribution in [1.29, 1.82) is 0 Å². The van der Waals surface area contributed by atoms with Gasteiger partial charge in [-0.1, -0.05) is 32.0 Å². The van der Waals surface area contributed by atoms with Gasteiger partial charge in [-0.25, -0.2) is 0 Å². The lowest BCUT2D eigenvalue weighted by Crippen LogP contribution is -2.30. The van der Waals surface area contributed by atoms with E-state index in [-0.39, 0.29) is 5.91 Å². The maximum absolute atomic E-state index is 12.5. The lowest BCUT2D eigenvalue weighted by atomic mass is 10.0. The van der Waals surface area contributed by atoms with E-state index < -0.39 is 6.10 Å². The van der Waals surface area contributed by atoms with E-state index >= 15 is 0 Å². The van der Waals surface area contributed by atoms with Crippen LogP contribution >= 0.6 is 0 Å². The summed E-state index contributed by atoms with van der Waals surface area (Å²) in [6.07, 6.45) is 4.50. The summed E-state index contributed by atoms with van der Waals surface area (Å²) in [7, 11) is 0. The smallest absolute Gasteiger partial charge is 0.265 e. The molecule has 1 fully saturated rings. The molecule has 0 spiro atoms. The van der Waals surface area contributed by atoms with Crippen molar-refractivity contribution in [3.05, 3.63) is 54.1 Å². The number of hydrogen-bond donors (Lipinski definition) is 1. The van der Waals surface area contributed by atoms with E-state index in [2.05, 4.69) is 19.2 Å². The summed E-state index contributed by atoms with van der Waals surface area (Å²) in [6.45, 7) is 5.99. The van der Waals surface area contributed by atoms with Gasteiger partial charge in [0, 0.05) is 5.69 Å². The van der Waals surface area contributed by atoms with Gasteiger partial charge >= 0.3 is 0 Å². The Labute approximate surface area is 161 Å². The summed E-state index contributed by atoms with van der Waals surface area (Å²) in [5.41, 5.74) is 1.84. The summed E-state index contributed by atoms with van der Waals surface area (Å²) in [6, 6.07) is 15.4. The fourth-order valence-corrected chi connectivity index (χ4v) is 3.37. The van der Waals surface area contributed by atoms with Gasteiger partial charge in [0.2, 0.25) is 0 Å². The number of carbonyl (C=O) groups excluding carboxylic acids is 1. The van der Waals surface area contributed by atoms with Gasteiger partial charge in [0.25, 0.3) is 5.91 Å². The average Bonchev–Trinajstić information content (AvgIpc) is 3.16. The van der Waals surface area contributed by atoms with Gasteiger partial charge in [-0.2, -0.15) is 0 Å². The summed E-state index contributed by atoms with van der Waals surface area (Å²) in [5, 5.41) is 2.91. The van der Waals surface area contributed by atoms with Crippen LogP contribution in [-0.4, -0.2) is 18.1 Å². The summed E-state index contributed by atoms with van der Waals surface area (Å²) in [4.78, 5) is 12.5. The number of amides is 1. The molecule has 3 rings (SSSR count). The molecule has 0 aliphatic heterocycles. The van der Waals surface area contributed by atoms with Crippen LogP contribution in [0, 0.1) is 0 Å². The number of hydrogen-bond acceptors (Lipinski definition) is 3. The largest absolute Gasteiger partial charge is 0.490 e. The molecule has 1 aliphatic carbocycles. The van der Waals surface area contributed by atoms with Gasteiger partial charge in [-0.05, 0) is 74.4 Å². The Morgan fingerprint density at radius 3 is 2.33 bits per heavy atom. The summed E-state index contributed by atoms with van der Waals surface area (Å²) in [5.74, 6) is 1.78. The second-order valence-corrected chi connectivity index (χ2v) is 7.49. The van der Waals surface area contributed by atoms with E-state index in [0.717, 1.165) is 35.6 Å². The first kappa shape index (κ1) is 19.3. The number of para-hydroxylation sites is 1. The monoisotopic (exact) mass is 367 g/mol. The molecular weight excluding hydrogens is 338 g/mol. The van der Waals surface area contributed by atoms with Crippen molar-refractivity contribution in [2.75, 3.05) is 5.32 Å². The van der Waals surface area contributed by atoms with Crippen LogP contribution in [0.3, 0.4) is 0 Å². The van der Waals surface area contributed by atoms with Crippen molar-refractivity contribution in [2.45, 2.75) is 64.6 Å². The zero-order valence-corrected chi connectivity index (χ0v) is 16.4. The molecule has 144 valence electrons. The van der Waals surface area contributed by atoms with Crippen LogP contribution in [0.1, 0.15) is 57.9 Å². The maximum Gasteiger partial charge on any atom is 0.265 e. The predicted octanol–water partition coefficient (Wildman–Crippen LogP) is 5.54. The predicted molar refractivity (Wildman–Crippen MR) is 109 cm³/mol. The molecule has 1 saturated carbocycles. The number of benzene rings is 2. The first-order valence-corrected chi connectivity index (χ1v) is 9.86. The molecule has 0 aromatic heterocycles. The Hall–Kier alpha value is -2.49. The van der Waals surface area contributed by atoms with Crippen LogP contribution < -0.4 is 14.8 Å². The number of ether oxygens (including phenoxy) is 2. The van der Waals surface area contributed by atoms with Gasteiger partial charge in [0.15, 0.2) is 6.10 Å². The molecule has 4 heteroatoms. The average molecular weight is 367 g/mol. The highest BCUT2D eigenvalue weighted by Gasteiger charge is 2.18. The van der Waals surface area contributed by atoms with E-state index in [1.807, 2.05) is 48.5 Å². The molecule has 0 saturated heterocycles. The van der Waals surface area contributed by atoms with Crippen molar-refractivity contribution in [3.63, 3.8) is 0 Å². The minimum atomic E-state index is -0.584. The number of carbonyl (C=O) groups is 1. The number of rotatable bonds is 7. The quantitative estimate of drug-likeness (QED) is 0.699. The third-order valence-electron chi connectivity index (χ3n) is 4.94. The third-order valence-corrected chi connectivity index (χ3v) is 4.94.